The van der Waals surface area contributed by atoms with E-state index in [0.717, 1.165) is 38.8 Å². The summed E-state index contributed by atoms with van der Waals surface area (Å²) in [7, 11) is 3.78. The van der Waals surface area contributed by atoms with E-state index in [9.17, 15) is 4.79 Å². The normalized spacial score (nSPS) is 21.0. The van der Waals surface area contributed by atoms with Crippen LogP contribution < -0.4 is 10.6 Å². The number of piperidine rings is 1. The number of nitrogens with one attached hydrogen (secondary N) is 2. The zero-order chi connectivity index (χ0) is 14.4. The molecule has 2 rings (SSSR count). The summed E-state index contributed by atoms with van der Waals surface area (Å²) in [6, 6.07) is 0.531. The second kappa shape index (κ2) is 10.7. The molecule has 1 aliphatic carbocycles. The highest BCUT2D eigenvalue weighted by atomic mass is 35.5. The van der Waals surface area contributed by atoms with Crippen LogP contribution in [0.5, 0.6) is 0 Å². The molecule has 22 heavy (non-hydrogen) atoms. The van der Waals surface area contributed by atoms with E-state index in [4.69, 9.17) is 4.74 Å². The first-order valence-corrected chi connectivity index (χ1v) is 7.86. The second-order valence-corrected chi connectivity index (χ2v) is 6.36. The molecule has 0 aromatic carbocycles. The molecule has 0 unspecified atom stereocenters. The third-order valence-corrected chi connectivity index (χ3v) is 4.71. The average molecular weight is 356 g/mol. The van der Waals surface area contributed by atoms with Crippen molar-refractivity contribution in [3.8, 4) is 0 Å². The van der Waals surface area contributed by atoms with Crippen LogP contribution in [0.15, 0.2) is 0 Å². The Morgan fingerprint density at radius 1 is 1.27 bits per heavy atom. The molecule has 2 aliphatic rings. The lowest BCUT2D eigenvalue weighted by atomic mass is 9.98. The molecule has 132 valence electrons. The Bertz CT molecular complexity index is 320. The molecule has 2 fully saturated rings. The summed E-state index contributed by atoms with van der Waals surface area (Å²) in [5.74, 6) is 0.144. The van der Waals surface area contributed by atoms with Crippen molar-refractivity contribution in [3.63, 3.8) is 0 Å². The molecule has 1 amide bonds. The van der Waals surface area contributed by atoms with Gasteiger partial charge in [0.2, 0.25) is 5.91 Å². The maximum absolute atomic E-state index is 12.3. The first-order chi connectivity index (χ1) is 9.65. The van der Waals surface area contributed by atoms with Gasteiger partial charge in [-0.1, -0.05) is 12.8 Å². The summed E-state index contributed by atoms with van der Waals surface area (Å²) in [6.45, 7) is 3.25. The van der Waals surface area contributed by atoms with Gasteiger partial charge >= 0.3 is 0 Å². The summed E-state index contributed by atoms with van der Waals surface area (Å²) in [5, 5.41) is 6.60. The summed E-state index contributed by atoms with van der Waals surface area (Å²) < 4.78 is 5.31. The fourth-order valence-electron chi connectivity index (χ4n) is 3.57. The van der Waals surface area contributed by atoms with Crippen molar-refractivity contribution < 1.29 is 9.53 Å². The summed E-state index contributed by atoms with van der Waals surface area (Å²) in [4.78, 5) is 14.5. The van der Waals surface area contributed by atoms with E-state index in [2.05, 4.69) is 22.6 Å². The van der Waals surface area contributed by atoms with Gasteiger partial charge in [0.25, 0.3) is 0 Å². The maximum atomic E-state index is 12.3. The van der Waals surface area contributed by atoms with Crippen molar-refractivity contribution in [1.82, 2.24) is 15.5 Å². The molecule has 0 atom stereocenters. The number of amides is 1. The van der Waals surface area contributed by atoms with Crippen LogP contribution in [0.2, 0.25) is 0 Å². The fourth-order valence-corrected chi connectivity index (χ4v) is 3.57. The number of carbonyl (C=O) groups excluding carboxylic acids is 1. The Morgan fingerprint density at radius 3 is 2.41 bits per heavy atom. The quantitative estimate of drug-likeness (QED) is 0.759. The molecule has 7 heteroatoms. The highest BCUT2D eigenvalue weighted by Crippen LogP contribution is 2.29. The lowest BCUT2D eigenvalue weighted by Crippen LogP contribution is -2.53. The Kier molecular flexibility index (Phi) is 10.6. The van der Waals surface area contributed by atoms with E-state index in [1.54, 1.807) is 7.11 Å². The van der Waals surface area contributed by atoms with E-state index in [-0.39, 0.29) is 36.3 Å². The molecule has 1 heterocycles. The number of nitrogens with zero attached hydrogens (tertiary/aromatic N) is 1. The number of halogens is 2. The van der Waals surface area contributed by atoms with Crippen LogP contribution in [0, 0.1) is 0 Å². The van der Waals surface area contributed by atoms with Gasteiger partial charge in [0.1, 0.15) is 0 Å². The average Bonchev–Trinajstić information content (AvgIpc) is 2.88. The molecule has 0 radical (unpaired) electrons. The Hall–Kier alpha value is -0.0700. The minimum Gasteiger partial charge on any atom is -0.382 e. The molecule has 0 aromatic rings. The van der Waals surface area contributed by atoms with Gasteiger partial charge in [-0.2, -0.15) is 0 Å². The van der Waals surface area contributed by atoms with Crippen molar-refractivity contribution in [2.45, 2.75) is 50.1 Å². The van der Waals surface area contributed by atoms with Crippen LogP contribution in [0.25, 0.3) is 0 Å². The number of likely N-dealkylation sites (N-methyl/N-ethyl adjacent to an activating group) is 1. The van der Waals surface area contributed by atoms with Crippen molar-refractivity contribution in [1.29, 1.82) is 0 Å². The number of hydrogen-bond acceptors (Lipinski definition) is 4. The summed E-state index contributed by atoms with van der Waals surface area (Å²) in [5.41, 5.74) is -0.110. The second-order valence-electron chi connectivity index (χ2n) is 6.36. The first-order valence-electron chi connectivity index (χ1n) is 7.86. The number of methoxy groups -OCH3 is 1. The number of rotatable bonds is 6. The molecule has 1 saturated carbocycles. The minimum atomic E-state index is -0.110. The Balaban J connectivity index is 0.00000220. The predicted octanol–water partition coefficient (Wildman–Crippen LogP) is 1.59. The van der Waals surface area contributed by atoms with E-state index >= 15 is 0 Å². The molecule has 1 aliphatic heterocycles. The van der Waals surface area contributed by atoms with Crippen LogP contribution >= 0.6 is 24.8 Å². The molecule has 1 saturated heterocycles. The molecule has 0 aromatic heterocycles. The molecule has 0 bridgehead atoms. The van der Waals surface area contributed by atoms with E-state index in [1.165, 1.54) is 12.8 Å². The summed E-state index contributed by atoms with van der Waals surface area (Å²) in [6.07, 6.45) is 6.73. The van der Waals surface area contributed by atoms with E-state index in [1.807, 2.05) is 0 Å². The van der Waals surface area contributed by atoms with Gasteiger partial charge < -0.3 is 15.4 Å². The fraction of sp³-hybridized carbons (Fsp3) is 0.933. The van der Waals surface area contributed by atoms with Crippen LogP contribution in [0.4, 0.5) is 0 Å². The monoisotopic (exact) mass is 355 g/mol. The standard InChI is InChI=1S/C15H29N3O2.2ClH/c1-18(13-5-9-16-10-6-13)11-14(19)17-15(12-20-2)7-3-4-8-15;;/h13,16H,3-12H2,1-2H3,(H,17,19);2*1H. The van der Waals surface area contributed by atoms with Gasteiger partial charge in [-0.25, -0.2) is 0 Å². The molecule has 5 nitrogen and oxygen atoms in total. The predicted molar refractivity (Wildman–Crippen MR) is 94.2 cm³/mol. The van der Waals surface area contributed by atoms with Crippen molar-refractivity contribution >= 4 is 30.7 Å². The smallest absolute Gasteiger partial charge is 0.234 e. The number of ether oxygens (including phenoxy) is 1. The zero-order valence-electron chi connectivity index (χ0n) is 13.7. The van der Waals surface area contributed by atoms with Crippen LogP contribution in [-0.4, -0.2) is 62.8 Å². The SMILES string of the molecule is COCC1(NC(=O)CN(C)C2CCNCC2)CCCC1.Cl.Cl. The van der Waals surface area contributed by atoms with Crippen molar-refractivity contribution in [2.24, 2.45) is 0 Å². The topological polar surface area (TPSA) is 53.6 Å². The third kappa shape index (κ3) is 6.20. The van der Waals surface area contributed by atoms with Crippen LogP contribution in [-0.2, 0) is 9.53 Å². The van der Waals surface area contributed by atoms with Crippen molar-refractivity contribution in [2.75, 3.05) is 40.4 Å². The van der Waals surface area contributed by atoms with Gasteiger partial charge in [0.05, 0.1) is 18.7 Å². The van der Waals surface area contributed by atoms with Gasteiger partial charge in [0, 0.05) is 13.2 Å². The van der Waals surface area contributed by atoms with Gasteiger partial charge in [-0.05, 0) is 45.8 Å². The molecular formula is C15H31Cl2N3O2. The number of carbonyl (C=O) groups is 1. The van der Waals surface area contributed by atoms with Crippen molar-refractivity contribution in [3.05, 3.63) is 0 Å². The highest BCUT2D eigenvalue weighted by molar-refractivity contribution is 5.85. The summed E-state index contributed by atoms with van der Waals surface area (Å²) >= 11 is 0. The minimum absolute atomic E-state index is 0. The largest absolute Gasteiger partial charge is 0.382 e. The maximum Gasteiger partial charge on any atom is 0.234 e. The van der Waals surface area contributed by atoms with E-state index in [0.29, 0.717) is 19.2 Å². The molecule has 2 N–H and O–H groups in total. The third-order valence-electron chi connectivity index (χ3n) is 4.71. The lowest BCUT2D eigenvalue weighted by Gasteiger charge is -2.34. The zero-order valence-corrected chi connectivity index (χ0v) is 15.4. The van der Waals surface area contributed by atoms with Gasteiger partial charge in [-0.3, -0.25) is 9.69 Å². The van der Waals surface area contributed by atoms with Crippen LogP contribution in [0.1, 0.15) is 38.5 Å². The highest BCUT2D eigenvalue weighted by Gasteiger charge is 2.35. The lowest BCUT2D eigenvalue weighted by molar-refractivity contribution is -0.125. The van der Waals surface area contributed by atoms with Gasteiger partial charge in [0.15, 0.2) is 0 Å². The first kappa shape index (κ1) is 21.9. The van der Waals surface area contributed by atoms with Crippen LogP contribution in [0.3, 0.4) is 0 Å². The molecule has 0 spiro atoms. The molecular weight excluding hydrogens is 325 g/mol. The van der Waals surface area contributed by atoms with Gasteiger partial charge in [-0.15, -0.1) is 24.8 Å². The Morgan fingerprint density at radius 2 is 1.86 bits per heavy atom. The Labute approximate surface area is 146 Å². The number of hydrogen-bond donors (Lipinski definition) is 2. The van der Waals surface area contributed by atoms with E-state index < -0.39 is 0 Å².